The molecule has 2 heterocycles. The van der Waals surface area contributed by atoms with E-state index in [1.54, 1.807) is 12.1 Å². The highest BCUT2D eigenvalue weighted by atomic mass is 35.5. The van der Waals surface area contributed by atoms with Crippen molar-refractivity contribution in [3.05, 3.63) is 46.2 Å². The van der Waals surface area contributed by atoms with Crippen LogP contribution < -0.4 is 5.32 Å². The van der Waals surface area contributed by atoms with Crippen molar-refractivity contribution in [2.45, 2.75) is 38.1 Å². The van der Waals surface area contributed by atoms with Crippen molar-refractivity contribution in [3.8, 4) is 0 Å². The number of amides is 2. The van der Waals surface area contributed by atoms with E-state index in [1.807, 2.05) is 17.0 Å². The lowest BCUT2D eigenvalue weighted by molar-refractivity contribution is 0.206. The van der Waals surface area contributed by atoms with Gasteiger partial charge in [0.15, 0.2) is 0 Å². The molecular formula is C17H19ClN4O. The molecule has 4 rings (SSSR count). The predicted octanol–water partition coefficient (Wildman–Crippen LogP) is 3.70. The van der Waals surface area contributed by atoms with E-state index in [0.29, 0.717) is 18.1 Å². The van der Waals surface area contributed by atoms with Gasteiger partial charge in [-0.25, -0.2) is 4.79 Å². The first kappa shape index (κ1) is 14.6. The van der Waals surface area contributed by atoms with Gasteiger partial charge in [0, 0.05) is 40.3 Å². The van der Waals surface area contributed by atoms with Gasteiger partial charge in [-0.2, -0.15) is 5.10 Å². The van der Waals surface area contributed by atoms with E-state index >= 15 is 0 Å². The van der Waals surface area contributed by atoms with Crippen LogP contribution in [0.25, 0.3) is 0 Å². The normalized spacial score (nSPS) is 18.4. The number of anilines is 1. The molecule has 1 aromatic heterocycles. The van der Waals surface area contributed by atoms with Crippen molar-refractivity contribution in [1.29, 1.82) is 0 Å². The predicted molar refractivity (Wildman–Crippen MR) is 89.8 cm³/mol. The minimum atomic E-state index is -0.0917. The molecule has 0 saturated heterocycles. The van der Waals surface area contributed by atoms with E-state index in [0.717, 1.165) is 17.8 Å². The lowest BCUT2D eigenvalue weighted by atomic mass is 9.96. The van der Waals surface area contributed by atoms with Crippen LogP contribution in [0.3, 0.4) is 0 Å². The van der Waals surface area contributed by atoms with E-state index in [1.165, 1.54) is 24.1 Å². The van der Waals surface area contributed by atoms with Crippen LogP contribution in [0.1, 0.15) is 36.7 Å². The number of rotatable bonds is 2. The number of halogens is 1. The highest BCUT2D eigenvalue weighted by Crippen LogP contribution is 2.48. The van der Waals surface area contributed by atoms with E-state index in [4.69, 9.17) is 11.6 Å². The maximum atomic E-state index is 12.5. The second kappa shape index (κ2) is 5.27. The number of carbonyl (C=O) groups excluding carboxylic acids is 1. The van der Waals surface area contributed by atoms with Gasteiger partial charge in [-0.05, 0) is 31.0 Å². The van der Waals surface area contributed by atoms with Crippen molar-refractivity contribution in [2.75, 3.05) is 11.9 Å². The van der Waals surface area contributed by atoms with E-state index < -0.39 is 0 Å². The quantitative estimate of drug-likeness (QED) is 0.881. The Hall–Kier alpha value is -2.01. The fraction of sp³-hybridized carbons (Fsp3) is 0.412. The number of nitrogens with one attached hydrogen (secondary N) is 2. The van der Waals surface area contributed by atoms with Crippen LogP contribution in [0, 0.1) is 0 Å². The summed E-state index contributed by atoms with van der Waals surface area (Å²) in [5.41, 5.74) is 4.45. The molecule has 23 heavy (non-hydrogen) atoms. The van der Waals surface area contributed by atoms with E-state index in [2.05, 4.69) is 22.4 Å². The molecule has 0 radical (unpaired) electrons. The van der Waals surface area contributed by atoms with Gasteiger partial charge in [0.05, 0.1) is 12.2 Å². The molecule has 0 spiro atoms. The number of aromatic amines is 1. The van der Waals surface area contributed by atoms with Gasteiger partial charge < -0.3 is 10.2 Å². The summed E-state index contributed by atoms with van der Waals surface area (Å²) in [5.74, 6) is 0. The topological polar surface area (TPSA) is 61.0 Å². The zero-order chi connectivity index (χ0) is 16.0. The fourth-order valence-electron chi connectivity index (χ4n) is 3.16. The van der Waals surface area contributed by atoms with Gasteiger partial charge >= 0.3 is 6.03 Å². The van der Waals surface area contributed by atoms with Crippen LogP contribution in [0.2, 0.25) is 5.02 Å². The second-order valence-corrected chi connectivity index (χ2v) is 7.14. The Labute approximate surface area is 140 Å². The molecule has 5 nitrogen and oxygen atoms in total. The van der Waals surface area contributed by atoms with Gasteiger partial charge in [0.2, 0.25) is 0 Å². The summed E-state index contributed by atoms with van der Waals surface area (Å²) >= 11 is 5.97. The highest BCUT2D eigenvalue weighted by molar-refractivity contribution is 6.30. The first-order chi connectivity index (χ1) is 11.0. The van der Waals surface area contributed by atoms with Crippen LogP contribution in [-0.2, 0) is 18.4 Å². The number of benzene rings is 1. The Morgan fingerprint density at radius 1 is 1.43 bits per heavy atom. The van der Waals surface area contributed by atoms with Gasteiger partial charge in [-0.1, -0.05) is 24.6 Å². The van der Waals surface area contributed by atoms with Crippen LogP contribution in [-0.4, -0.2) is 27.7 Å². The maximum absolute atomic E-state index is 12.5. The minimum absolute atomic E-state index is 0.0917. The molecule has 1 aliphatic heterocycles. The number of urea groups is 1. The second-order valence-electron chi connectivity index (χ2n) is 6.70. The summed E-state index contributed by atoms with van der Waals surface area (Å²) in [6, 6.07) is 7.12. The number of nitrogens with zero attached hydrogens (tertiary/aromatic N) is 2. The zero-order valence-corrected chi connectivity index (χ0v) is 13.8. The molecule has 0 unspecified atom stereocenters. The number of H-pyrrole nitrogens is 1. The minimum Gasteiger partial charge on any atom is -0.320 e. The molecule has 1 fully saturated rings. The van der Waals surface area contributed by atoms with Crippen LogP contribution in [0.4, 0.5) is 10.5 Å². The third kappa shape index (κ3) is 2.70. The first-order valence-electron chi connectivity index (χ1n) is 7.93. The molecule has 2 aromatic rings. The van der Waals surface area contributed by atoms with Crippen LogP contribution in [0.15, 0.2) is 24.3 Å². The molecule has 1 saturated carbocycles. The van der Waals surface area contributed by atoms with Crippen LogP contribution in [0.5, 0.6) is 0 Å². The molecular weight excluding hydrogens is 312 g/mol. The van der Waals surface area contributed by atoms with Gasteiger partial charge in [-0.15, -0.1) is 0 Å². The van der Waals surface area contributed by atoms with E-state index in [9.17, 15) is 4.79 Å². The number of hydrogen-bond donors (Lipinski definition) is 2. The average Bonchev–Trinajstić information content (AvgIpc) is 3.12. The zero-order valence-electron chi connectivity index (χ0n) is 13.0. The lowest BCUT2D eigenvalue weighted by Crippen LogP contribution is -2.39. The average molecular weight is 331 g/mol. The summed E-state index contributed by atoms with van der Waals surface area (Å²) in [6.07, 6.45) is 3.18. The van der Waals surface area contributed by atoms with Crippen molar-refractivity contribution in [2.24, 2.45) is 0 Å². The van der Waals surface area contributed by atoms with Gasteiger partial charge in [0.1, 0.15) is 0 Å². The molecule has 2 N–H and O–H groups in total. The molecule has 2 amide bonds. The SMILES string of the molecule is CC1(c2n[nH]c3c2CN(C(=O)Nc2cccc(Cl)c2)CC3)CC1. The van der Waals surface area contributed by atoms with E-state index in [-0.39, 0.29) is 11.4 Å². The standard InChI is InChI=1S/C17H19ClN4O/c1-17(6-7-17)15-13-10-22(8-5-14(13)20-21-15)16(23)19-12-4-2-3-11(18)9-12/h2-4,9H,5-8,10H2,1H3,(H,19,23)(H,20,21). The molecule has 120 valence electrons. The van der Waals surface area contributed by atoms with Crippen molar-refractivity contribution in [1.82, 2.24) is 15.1 Å². The monoisotopic (exact) mass is 330 g/mol. The summed E-state index contributed by atoms with van der Waals surface area (Å²) in [6.45, 7) is 3.55. The van der Waals surface area contributed by atoms with Gasteiger partial charge in [-0.3, -0.25) is 5.10 Å². The number of aromatic nitrogens is 2. The molecule has 0 atom stereocenters. The number of hydrogen-bond acceptors (Lipinski definition) is 2. The Morgan fingerprint density at radius 2 is 2.26 bits per heavy atom. The molecule has 2 aliphatic rings. The van der Waals surface area contributed by atoms with Crippen LogP contribution >= 0.6 is 11.6 Å². The Bertz CT molecular complexity index is 766. The molecule has 0 bridgehead atoms. The summed E-state index contributed by atoms with van der Waals surface area (Å²) < 4.78 is 0. The largest absolute Gasteiger partial charge is 0.322 e. The third-order valence-electron chi connectivity index (χ3n) is 4.87. The summed E-state index contributed by atoms with van der Waals surface area (Å²) in [4.78, 5) is 14.4. The fourth-order valence-corrected chi connectivity index (χ4v) is 3.35. The van der Waals surface area contributed by atoms with Crippen molar-refractivity contribution in [3.63, 3.8) is 0 Å². The Morgan fingerprint density at radius 3 is 3.00 bits per heavy atom. The molecule has 1 aromatic carbocycles. The smallest absolute Gasteiger partial charge is 0.320 e. The Balaban J connectivity index is 1.51. The number of fused-ring (bicyclic) bond motifs is 1. The maximum Gasteiger partial charge on any atom is 0.322 e. The lowest BCUT2D eigenvalue weighted by Gasteiger charge is -2.28. The van der Waals surface area contributed by atoms with Crippen molar-refractivity contribution < 1.29 is 4.79 Å². The Kier molecular flexibility index (Phi) is 3.34. The van der Waals surface area contributed by atoms with Gasteiger partial charge in [0.25, 0.3) is 0 Å². The van der Waals surface area contributed by atoms with Crippen molar-refractivity contribution >= 4 is 23.3 Å². The molecule has 1 aliphatic carbocycles. The summed E-state index contributed by atoms with van der Waals surface area (Å²) in [5, 5.41) is 11.2. The molecule has 6 heteroatoms. The summed E-state index contributed by atoms with van der Waals surface area (Å²) in [7, 11) is 0. The highest BCUT2D eigenvalue weighted by Gasteiger charge is 2.44. The third-order valence-corrected chi connectivity index (χ3v) is 5.10. The first-order valence-corrected chi connectivity index (χ1v) is 8.31. The number of carbonyl (C=O) groups is 1.